The first-order valence-electron chi connectivity index (χ1n) is 4.58. The van der Waals surface area contributed by atoms with E-state index in [2.05, 4.69) is 4.98 Å². The Morgan fingerprint density at radius 1 is 1.79 bits per heavy atom. The molecule has 4 nitrogen and oxygen atoms in total. The van der Waals surface area contributed by atoms with Crippen LogP contribution in [0.3, 0.4) is 0 Å². The molecule has 0 saturated carbocycles. The summed E-state index contributed by atoms with van der Waals surface area (Å²) in [7, 11) is 0. The number of likely N-dealkylation sites (tertiary alicyclic amines) is 1. The number of aryl methyl sites for hydroxylation is 1. The largest absolute Gasteiger partial charge is 0.330 e. The number of β-lactam (4-membered cyclic amide) rings is 1. The average molecular weight is 211 g/mol. The summed E-state index contributed by atoms with van der Waals surface area (Å²) in [5.74, 6) is 0.0327. The van der Waals surface area contributed by atoms with Crippen LogP contribution in [-0.4, -0.2) is 28.4 Å². The fraction of sp³-hybridized carbons (Fsp3) is 0.556. The number of rotatable bonds is 2. The predicted molar refractivity (Wildman–Crippen MR) is 55.0 cm³/mol. The van der Waals surface area contributed by atoms with Crippen LogP contribution in [0.4, 0.5) is 0 Å². The maximum atomic E-state index is 11.4. The molecular weight excluding hydrogens is 198 g/mol. The molecule has 0 radical (unpaired) electrons. The van der Waals surface area contributed by atoms with E-state index >= 15 is 0 Å². The van der Waals surface area contributed by atoms with Gasteiger partial charge in [-0.25, -0.2) is 4.98 Å². The molecule has 0 bridgehead atoms. The summed E-state index contributed by atoms with van der Waals surface area (Å²) in [6.07, 6.45) is 1.83. The molecule has 1 aromatic rings. The normalized spacial score (nSPS) is 23.5. The number of amides is 1. The molecule has 1 aromatic heterocycles. The number of nitrogens with two attached hydrogens (primary N) is 1. The zero-order chi connectivity index (χ0) is 10.3. The highest BCUT2D eigenvalue weighted by molar-refractivity contribution is 7.11. The zero-order valence-electron chi connectivity index (χ0n) is 8.23. The number of hydrogen-bond donors (Lipinski definition) is 1. The smallest absolute Gasteiger partial charge is 0.241 e. The van der Waals surface area contributed by atoms with E-state index in [0.29, 0.717) is 6.54 Å². The highest BCUT2D eigenvalue weighted by atomic mass is 32.1. The molecule has 2 rings (SSSR count). The van der Waals surface area contributed by atoms with Crippen LogP contribution in [0.1, 0.15) is 22.9 Å². The van der Waals surface area contributed by atoms with Crippen LogP contribution < -0.4 is 5.73 Å². The second-order valence-electron chi connectivity index (χ2n) is 3.58. The molecule has 1 fully saturated rings. The monoisotopic (exact) mass is 211 g/mol. The van der Waals surface area contributed by atoms with E-state index in [0.717, 1.165) is 5.01 Å². The molecule has 76 valence electrons. The van der Waals surface area contributed by atoms with Gasteiger partial charge in [-0.05, 0) is 13.8 Å². The average Bonchev–Trinajstić information content (AvgIpc) is 2.59. The Morgan fingerprint density at radius 3 is 2.93 bits per heavy atom. The molecule has 2 heterocycles. The van der Waals surface area contributed by atoms with Gasteiger partial charge in [0.05, 0.1) is 6.04 Å². The third-order valence-electron chi connectivity index (χ3n) is 2.46. The molecule has 2 unspecified atom stereocenters. The first-order chi connectivity index (χ1) is 6.59. The Hall–Kier alpha value is -0.940. The molecule has 1 saturated heterocycles. The second kappa shape index (κ2) is 3.33. The molecule has 2 N–H and O–H groups in total. The summed E-state index contributed by atoms with van der Waals surface area (Å²) < 4.78 is 0. The predicted octanol–water partition coefficient (Wildman–Crippen LogP) is 0.682. The lowest BCUT2D eigenvalue weighted by molar-refractivity contribution is -0.145. The lowest BCUT2D eigenvalue weighted by atomic mass is 10.1. The Balaban J connectivity index is 2.10. The van der Waals surface area contributed by atoms with E-state index in [1.807, 2.05) is 20.0 Å². The van der Waals surface area contributed by atoms with Gasteiger partial charge in [-0.2, -0.15) is 0 Å². The van der Waals surface area contributed by atoms with Gasteiger partial charge in [0.2, 0.25) is 5.91 Å². The highest BCUT2D eigenvalue weighted by Gasteiger charge is 2.37. The maximum Gasteiger partial charge on any atom is 0.241 e. The van der Waals surface area contributed by atoms with Crippen molar-refractivity contribution in [1.82, 2.24) is 9.88 Å². The zero-order valence-corrected chi connectivity index (χ0v) is 9.04. The number of carbonyl (C=O) groups is 1. The van der Waals surface area contributed by atoms with E-state index in [9.17, 15) is 4.79 Å². The molecule has 2 atom stereocenters. The van der Waals surface area contributed by atoms with Crippen LogP contribution in [0.25, 0.3) is 0 Å². The van der Waals surface area contributed by atoms with Crippen molar-refractivity contribution >= 4 is 17.2 Å². The van der Waals surface area contributed by atoms with Gasteiger partial charge in [0.1, 0.15) is 11.0 Å². The van der Waals surface area contributed by atoms with Crippen LogP contribution in [0.5, 0.6) is 0 Å². The van der Waals surface area contributed by atoms with Crippen LogP contribution >= 0.6 is 11.3 Å². The maximum absolute atomic E-state index is 11.4. The van der Waals surface area contributed by atoms with Gasteiger partial charge < -0.3 is 10.6 Å². The number of hydrogen-bond acceptors (Lipinski definition) is 4. The topological polar surface area (TPSA) is 59.2 Å². The van der Waals surface area contributed by atoms with Gasteiger partial charge in [-0.3, -0.25) is 4.79 Å². The summed E-state index contributed by atoms with van der Waals surface area (Å²) >= 11 is 1.63. The molecule has 5 heteroatoms. The van der Waals surface area contributed by atoms with E-state index in [-0.39, 0.29) is 18.0 Å². The first-order valence-corrected chi connectivity index (χ1v) is 5.39. The molecule has 0 aliphatic carbocycles. The Kier molecular flexibility index (Phi) is 2.28. The third kappa shape index (κ3) is 1.42. The van der Waals surface area contributed by atoms with Crippen LogP contribution in [0, 0.1) is 6.92 Å². The van der Waals surface area contributed by atoms with Gasteiger partial charge in [0.15, 0.2) is 0 Å². The van der Waals surface area contributed by atoms with Crippen molar-refractivity contribution in [2.75, 3.05) is 6.54 Å². The Bertz CT molecular complexity index is 363. The van der Waals surface area contributed by atoms with E-state index in [1.165, 1.54) is 4.88 Å². The van der Waals surface area contributed by atoms with Crippen molar-refractivity contribution in [2.45, 2.75) is 25.9 Å². The van der Waals surface area contributed by atoms with E-state index in [4.69, 9.17) is 5.73 Å². The fourth-order valence-corrected chi connectivity index (χ4v) is 2.37. The van der Waals surface area contributed by atoms with Crippen molar-refractivity contribution in [2.24, 2.45) is 5.73 Å². The van der Waals surface area contributed by atoms with Crippen molar-refractivity contribution in [3.63, 3.8) is 0 Å². The Morgan fingerprint density at radius 2 is 2.50 bits per heavy atom. The Labute approximate surface area is 86.7 Å². The molecule has 14 heavy (non-hydrogen) atoms. The minimum absolute atomic E-state index is 0.0327. The van der Waals surface area contributed by atoms with Crippen LogP contribution in [0.2, 0.25) is 0 Å². The van der Waals surface area contributed by atoms with Crippen LogP contribution in [-0.2, 0) is 4.79 Å². The number of aromatic nitrogens is 1. The van der Waals surface area contributed by atoms with Gasteiger partial charge in [0, 0.05) is 17.6 Å². The summed E-state index contributed by atoms with van der Waals surface area (Å²) in [5, 5.41) is 0.989. The SMILES string of the molecule is Cc1cnc(C(C)N2CC(N)C2=O)s1. The molecule has 1 aliphatic heterocycles. The van der Waals surface area contributed by atoms with E-state index < -0.39 is 0 Å². The molecule has 0 aromatic carbocycles. The summed E-state index contributed by atoms with van der Waals surface area (Å²) in [4.78, 5) is 18.6. The van der Waals surface area contributed by atoms with Crippen LogP contribution in [0.15, 0.2) is 6.20 Å². The molecular formula is C9H13N3OS. The van der Waals surface area contributed by atoms with E-state index in [1.54, 1.807) is 16.2 Å². The number of thiazole rings is 1. The lowest BCUT2D eigenvalue weighted by Gasteiger charge is -2.39. The molecule has 1 amide bonds. The van der Waals surface area contributed by atoms with Crippen molar-refractivity contribution in [3.05, 3.63) is 16.1 Å². The van der Waals surface area contributed by atoms with Gasteiger partial charge in [0.25, 0.3) is 0 Å². The van der Waals surface area contributed by atoms with Crippen molar-refractivity contribution in [3.8, 4) is 0 Å². The minimum atomic E-state index is -0.293. The standard InChI is InChI=1S/C9H13N3OS/c1-5-3-11-8(14-5)6(2)12-4-7(10)9(12)13/h3,6-7H,4,10H2,1-2H3. The molecule has 1 aliphatic rings. The minimum Gasteiger partial charge on any atom is -0.330 e. The second-order valence-corrected chi connectivity index (χ2v) is 4.85. The van der Waals surface area contributed by atoms with Gasteiger partial charge in [-0.15, -0.1) is 11.3 Å². The first kappa shape index (κ1) is 9.61. The highest BCUT2D eigenvalue weighted by Crippen LogP contribution is 2.28. The third-order valence-corrected chi connectivity index (χ3v) is 3.54. The number of nitrogens with zero attached hydrogens (tertiary/aromatic N) is 2. The summed E-state index contributed by atoms with van der Waals surface area (Å²) in [6, 6.07) is -0.223. The summed E-state index contributed by atoms with van der Waals surface area (Å²) in [5.41, 5.74) is 5.53. The van der Waals surface area contributed by atoms with Gasteiger partial charge in [-0.1, -0.05) is 0 Å². The van der Waals surface area contributed by atoms with Gasteiger partial charge >= 0.3 is 0 Å². The van der Waals surface area contributed by atoms with Crippen molar-refractivity contribution in [1.29, 1.82) is 0 Å². The number of carbonyl (C=O) groups excluding carboxylic acids is 1. The van der Waals surface area contributed by atoms with Crippen molar-refractivity contribution < 1.29 is 4.79 Å². The fourth-order valence-electron chi connectivity index (χ4n) is 1.53. The summed E-state index contributed by atoms with van der Waals surface area (Å²) in [6.45, 7) is 4.65. The quantitative estimate of drug-likeness (QED) is 0.732. The lowest BCUT2D eigenvalue weighted by Crippen LogP contribution is -2.61. The molecule has 0 spiro atoms.